The first-order valence-electron chi connectivity index (χ1n) is 9.00. The SMILES string of the molecule is C=CCCCCCCCC(=C)CCCC.CC.CCC. The summed E-state index contributed by atoms with van der Waals surface area (Å²) in [6, 6.07) is 0. The quantitative estimate of drug-likeness (QED) is 0.265. The molecular formula is C20H42. The van der Waals surface area contributed by atoms with Crippen LogP contribution in [-0.2, 0) is 0 Å². The Balaban J connectivity index is -0.000000505. The Kier molecular flexibility index (Phi) is 33.0. The van der Waals surface area contributed by atoms with Crippen LogP contribution in [0.5, 0.6) is 0 Å². The van der Waals surface area contributed by atoms with Crippen molar-refractivity contribution in [3.63, 3.8) is 0 Å². The highest BCUT2D eigenvalue weighted by Crippen LogP contribution is 2.14. The molecule has 0 fully saturated rings. The molecule has 0 heteroatoms. The summed E-state index contributed by atoms with van der Waals surface area (Å²) < 4.78 is 0. The molecule has 0 aromatic carbocycles. The predicted octanol–water partition coefficient (Wildman–Crippen LogP) is 8.09. The minimum absolute atomic E-state index is 1.18. The normalized spacial score (nSPS) is 8.85. The van der Waals surface area contributed by atoms with Crippen LogP contribution in [0.3, 0.4) is 0 Å². The topological polar surface area (TPSA) is 0 Å². The van der Waals surface area contributed by atoms with Gasteiger partial charge >= 0.3 is 0 Å². The molecule has 0 aromatic rings. The third-order valence-electron chi connectivity index (χ3n) is 2.82. The minimum Gasteiger partial charge on any atom is -0.103 e. The van der Waals surface area contributed by atoms with E-state index >= 15 is 0 Å². The fourth-order valence-electron chi connectivity index (χ4n) is 1.75. The molecule has 0 saturated carbocycles. The Morgan fingerprint density at radius 2 is 1.25 bits per heavy atom. The highest BCUT2D eigenvalue weighted by atomic mass is 14.0. The van der Waals surface area contributed by atoms with Crippen LogP contribution >= 0.6 is 0 Å². The molecule has 0 unspecified atom stereocenters. The Morgan fingerprint density at radius 1 is 0.800 bits per heavy atom. The lowest BCUT2D eigenvalue weighted by Crippen LogP contribution is -1.84. The fraction of sp³-hybridized carbons (Fsp3) is 0.800. The second kappa shape index (κ2) is 26.9. The molecular weight excluding hydrogens is 240 g/mol. The van der Waals surface area contributed by atoms with Gasteiger partial charge in [0.05, 0.1) is 0 Å². The lowest BCUT2D eigenvalue weighted by atomic mass is 10.0. The van der Waals surface area contributed by atoms with Gasteiger partial charge in [0.1, 0.15) is 0 Å². The third kappa shape index (κ3) is 30.5. The molecule has 0 aliphatic heterocycles. The van der Waals surface area contributed by atoms with Crippen molar-refractivity contribution >= 4 is 0 Å². The van der Waals surface area contributed by atoms with Crippen LogP contribution in [0.2, 0.25) is 0 Å². The van der Waals surface area contributed by atoms with Gasteiger partial charge < -0.3 is 0 Å². The molecule has 0 heterocycles. The summed E-state index contributed by atoms with van der Waals surface area (Å²) in [7, 11) is 0. The molecule has 0 spiro atoms. The largest absolute Gasteiger partial charge is 0.103 e. The standard InChI is InChI=1S/C15H28.C3H8.C2H6/c1-4-6-8-9-10-11-12-14-15(3)13-7-5-2;1-3-2;1-2/h4H,1,3,5-14H2,2H3;3H2,1-2H3;1-2H3. The lowest BCUT2D eigenvalue weighted by molar-refractivity contribution is 0.608. The lowest BCUT2D eigenvalue weighted by Gasteiger charge is -2.04. The van der Waals surface area contributed by atoms with Gasteiger partial charge in [0, 0.05) is 0 Å². The summed E-state index contributed by atoms with van der Waals surface area (Å²) in [5.74, 6) is 0. The Labute approximate surface area is 130 Å². The Bertz CT molecular complexity index is 167. The maximum absolute atomic E-state index is 4.13. The van der Waals surface area contributed by atoms with Crippen LogP contribution in [0.4, 0.5) is 0 Å². The van der Waals surface area contributed by atoms with Gasteiger partial charge in [-0.05, 0) is 38.5 Å². The van der Waals surface area contributed by atoms with Gasteiger partial charge in [0.25, 0.3) is 0 Å². The van der Waals surface area contributed by atoms with E-state index in [1.165, 1.54) is 76.2 Å². The average Bonchev–Trinajstić information content (AvgIpc) is 2.47. The molecule has 0 bridgehead atoms. The van der Waals surface area contributed by atoms with Crippen LogP contribution in [0.15, 0.2) is 24.8 Å². The fourth-order valence-corrected chi connectivity index (χ4v) is 1.75. The minimum atomic E-state index is 1.18. The van der Waals surface area contributed by atoms with E-state index < -0.39 is 0 Å². The monoisotopic (exact) mass is 282 g/mol. The van der Waals surface area contributed by atoms with Crippen molar-refractivity contribution in [1.82, 2.24) is 0 Å². The van der Waals surface area contributed by atoms with Crippen molar-refractivity contribution in [2.75, 3.05) is 0 Å². The van der Waals surface area contributed by atoms with E-state index in [-0.39, 0.29) is 0 Å². The van der Waals surface area contributed by atoms with Crippen molar-refractivity contribution in [3.8, 4) is 0 Å². The van der Waals surface area contributed by atoms with Gasteiger partial charge in [-0.3, -0.25) is 0 Å². The van der Waals surface area contributed by atoms with Crippen LogP contribution in [0.1, 0.15) is 105 Å². The molecule has 0 aliphatic carbocycles. The van der Waals surface area contributed by atoms with E-state index in [1.807, 2.05) is 19.9 Å². The first-order valence-corrected chi connectivity index (χ1v) is 9.00. The maximum atomic E-state index is 4.13. The highest BCUT2D eigenvalue weighted by Gasteiger charge is 1.95. The number of unbranched alkanes of at least 4 members (excludes halogenated alkanes) is 6. The van der Waals surface area contributed by atoms with E-state index in [9.17, 15) is 0 Å². The molecule has 0 radical (unpaired) electrons. The van der Waals surface area contributed by atoms with Crippen LogP contribution in [-0.4, -0.2) is 0 Å². The van der Waals surface area contributed by atoms with Crippen LogP contribution in [0.25, 0.3) is 0 Å². The Hall–Kier alpha value is -0.520. The van der Waals surface area contributed by atoms with Crippen molar-refractivity contribution in [1.29, 1.82) is 0 Å². The molecule has 0 N–H and O–H groups in total. The number of allylic oxidation sites excluding steroid dienone is 2. The van der Waals surface area contributed by atoms with E-state index in [4.69, 9.17) is 0 Å². The first kappa shape index (κ1) is 24.5. The summed E-state index contributed by atoms with van der Waals surface area (Å²) >= 11 is 0. The molecule has 0 nitrogen and oxygen atoms in total. The van der Waals surface area contributed by atoms with E-state index in [0.29, 0.717) is 0 Å². The van der Waals surface area contributed by atoms with Gasteiger partial charge in [0.2, 0.25) is 0 Å². The maximum Gasteiger partial charge on any atom is -0.0323 e. The van der Waals surface area contributed by atoms with Gasteiger partial charge in [-0.15, -0.1) is 6.58 Å². The molecule has 0 rings (SSSR count). The molecule has 0 atom stereocenters. The molecule has 0 saturated heterocycles. The third-order valence-corrected chi connectivity index (χ3v) is 2.82. The summed E-state index contributed by atoms with van der Waals surface area (Å²) in [6.07, 6.45) is 16.4. The second-order valence-corrected chi connectivity index (χ2v) is 5.16. The average molecular weight is 283 g/mol. The Morgan fingerprint density at radius 3 is 1.75 bits per heavy atom. The van der Waals surface area contributed by atoms with E-state index in [0.717, 1.165) is 0 Å². The summed E-state index contributed by atoms with van der Waals surface area (Å²) in [5, 5.41) is 0. The van der Waals surface area contributed by atoms with Gasteiger partial charge in [-0.25, -0.2) is 0 Å². The number of hydrogen-bond donors (Lipinski definition) is 0. The van der Waals surface area contributed by atoms with Gasteiger partial charge in [0.15, 0.2) is 0 Å². The number of rotatable bonds is 11. The molecule has 122 valence electrons. The molecule has 0 aliphatic rings. The summed E-state index contributed by atoms with van der Waals surface area (Å²) in [6.45, 7) is 18.4. The van der Waals surface area contributed by atoms with Crippen LogP contribution in [0, 0.1) is 0 Å². The summed E-state index contributed by atoms with van der Waals surface area (Å²) in [5.41, 5.74) is 1.46. The highest BCUT2D eigenvalue weighted by molar-refractivity contribution is 4.93. The molecule has 0 amide bonds. The van der Waals surface area contributed by atoms with Crippen LogP contribution < -0.4 is 0 Å². The van der Waals surface area contributed by atoms with Crippen molar-refractivity contribution in [2.24, 2.45) is 0 Å². The second-order valence-electron chi connectivity index (χ2n) is 5.16. The zero-order valence-electron chi connectivity index (χ0n) is 15.3. The van der Waals surface area contributed by atoms with Crippen molar-refractivity contribution in [2.45, 2.75) is 105 Å². The number of hydrogen-bond acceptors (Lipinski definition) is 0. The van der Waals surface area contributed by atoms with E-state index in [1.54, 1.807) is 0 Å². The van der Waals surface area contributed by atoms with Crippen molar-refractivity contribution in [3.05, 3.63) is 24.8 Å². The molecule has 0 aromatic heterocycles. The van der Waals surface area contributed by atoms with Crippen molar-refractivity contribution < 1.29 is 0 Å². The van der Waals surface area contributed by atoms with Gasteiger partial charge in [-0.2, -0.15) is 0 Å². The first-order chi connectivity index (χ1) is 9.72. The van der Waals surface area contributed by atoms with Gasteiger partial charge in [-0.1, -0.05) is 85.0 Å². The predicted molar refractivity (Wildman–Crippen MR) is 98.5 cm³/mol. The zero-order valence-corrected chi connectivity index (χ0v) is 15.3. The van der Waals surface area contributed by atoms with E-state index in [2.05, 4.69) is 33.9 Å². The summed E-state index contributed by atoms with van der Waals surface area (Å²) in [4.78, 5) is 0. The zero-order chi connectivity index (χ0) is 16.1. The molecule has 20 heavy (non-hydrogen) atoms. The smallest absolute Gasteiger partial charge is 0.0323 e.